The van der Waals surface area contributed by atoms with Gasteiger partial charge in [0.1, 0.15) is 5.67 Å². The molecule has 0 saturated heterocycles. The molecule has 0 heterocycles. The standard InChI is InChI=1S/C11H14FN/c12-11(6-3-7-11)10-5-2-1-4-9(10)8-13/h1-2,4-5H,3,6-8,13H2. The summed E-state index contributed by atoms with van der Waals surface area (Å²) in [6.45, 7) is 0.432. The molecule has 0 amide bonds. The van der Waals surface area contributed by atoms with Crippen molar-refractivity contribution in [3.63, 3.8) is 0 Å². The van der Waals surface area contributed by atoms with Crippen molar-refractivity contribution in [2.45, 2.75) is 31.5 Å². The SMILES string of the molecule is NCc1ccccc1C1(F)CCC1. The summed E-state index contributed by atoms with van der Waals surface area (Å²) >= 11 is 0. The van der Waals surface area contributed by atoms with Gasteiger partial charge < -0.3 is 5.73 Å². The number of benzene rings is 1. The second kappa shape index (κ2) is 3.11. The summed E-state index contributed by atoms with van der Waals surface area (Å²) in [5.41, 5.74) is 6.24. The van der Waals surface area contributed by atoms with Gasteiger partial charge in [-0.25, -0.2) is 4.39 Å². The molecule has 1 nitrogen and oxygen atoms in total. The van der Waals surface area contributed by atoms with Crippen LogP contribution in [0.3, 0.4) is 0 Å². The van der Waals surface area contributed by atoms with E-state index in [2.05, 4.69) is 0 Å². The summed E-state index contributed by atoms with van der Waals surface area (Å²) in [7, 11) is 0. The molecular formula is C11H14FN. The topological polar surface area (TPSA) is 26.0 Å². The van der Waals surface area contributed by atoms with Crippen molar-refractivity contribution >= 4 is 0 Å². The molecule has 0 aromatic heterocycles. The maximum Gasteiger partial charge on any atom is 0.136 e. The third-order valence-electron chi connectivity index (χ3n) is 2.87. The van der Waals surface area contributed by atoms with Crippen molar-refractivity contribution in [2.75, 3.05) is 0 Å². The third-order valence-corrected chi connectivity index (χ3v) is 2.87. The third kappa shape index (κ3) is 1.35. The number of nitrogens with two attached hydrogens (primary N) is 1. The molecule has 0 aliphatic heterocycles. The summed E-state index contributed by atoms with van der Waals surface area (Å²) in [5.74, 6) is 0. The summed E-state index contributed by atoms with van der Waals surface area (Å²) in [5, 5.41) is 0. The lowest BCUT2D eigenvalue weighted by atomic mass is 9.75. The van der Waals surface area contributed by atoms with Crippen LogP contribution in [0.2, 0.25) is 0 Å². The Balaban J connectivity index is 2.38. The highest BCUT2D eigenvalue weighted by molar-refractivity contribution is 5.33. The number of hydrogen-bond donors (Lipinski definition) is 1. The Morgan fingerprint density at radius 2 is 2.00 bits per heavy atom. The van der Waals surface area contributed by atoms with Crippen molar-refractivity contribution in [1.29, 1.82) is 0 Å². The van der Waals surface area contributed by atoms with E-state index in [-0.39, 0.29) is 0 Å². The highest BCUT2D eigenvalue weighted by Crippen LogP contribution is 2.45. The lowest BCUT2D eigenvalue weighted by Crippen LogP contribution is -2.30. The van der Waals surface area contributed by atoms with Crippen molar-refractivity contribution in [3.8, 4) is 0 Å². The number of hydrogen-bond acceptors (Lipinski definition) is 1. The van der Waals surface area contributed by atoms with Crippen LogP contribution in [0.4, 0.5) is 4.39 Å². The van der Waals surface area contributed by atoms with Crippen LogP contribution >= 0.6 is 0 Å². The monoisotopic (exact) mass is 179 g/mol. The first-order valence-corrected chi connectivity index (χ1v) is 4.74. The molecule has 1 saturated carbocycles. The Morgan fingerprint density at radius 3 is 2.54 bits per heavy atom. The molecule has 1 aromatic rings. The zero-order chi connectivity index (χ0) is 9.31. The van der Waals surface area contributed by atoms with Crippen LogP contribution in [-0.2, 0) is 12.2 Å². The molecule has 2 N–H and O–H groups in total. The van der Waals surface area contributed by atoms with E-state index in [1.165, 1.54) is 0 Å². The molecule has 0 radical (unpaired) electrons. The van der Waals surface area contributed by atoms with Gasteiger partial charge in [0.15, 0.2) is 0 Å². The second-order valence-electron chi connectivity index (χ2n) is 3.68. The van der Waals surface area contributed by atoms with Crippen molar-refractivity contribution in [1.82, 2.24) is 0 Å². The molecule has 70 valence electrons. The maximum atomic E-state index is 14.0. The Bertz CT molecular complexity index is 305. The van der Waals surface area contributed by atoms with Gasteiger partial charge in [-0.3, -0.25) is 0 Å². The Morgan fingerprint density at radius 1 is 1.31 bits per heavy atom. The van der Waals surface area contributed by atoms with Gasteiger partial charge in [-0.1, -0.05) is 24.3 Å². The first-order chi connectivity index (χ1) is 6.26. The maximum absolute atomic E-state index is 14.0. The summed E-state index contributed by atoms with van der Waals surface area (Å²) < 4.78 is 14.0. The fraction of sp³-hybridized carbons (Fsp3) is 0.455. The van der Waals surface area contributed by atoms with Gasteiger partial charge in [0.25, 0.3) is 0 Å². The average Bonchev–Trinajstić information content (AvgIpc) is 2.14. The molecule has 0 spiro atoms. The molecule has 1 aliphatic carbocycles. The molecule has 2 rings (SSSR count). The van der Waals surface area contributed by atoms with Crippen molar-refractivity contribution in [3.05, 3.63) is 35.4 Å². The molecule has 1 aromatic carbocycles. The predicted molar refractivity (Wildman–Crippen MR) is 51.0 cm³/mol. The van der Waals surface area contributed by atoms with E-state index in [9.17, 15) is 4.39 Å². The minimum atomic E-state index is -1.07. The average molecular weight is 179 g/mol. The Labute approximate surface area is 77.8 Å². The van der Waals surface area contributed by atoms with Gasteiger partial charge in [0.05, 0.1) is 0 Å². The van der Waals surface area contributed by atoms with Gasteiger partial charge in [-0.2, -0.15) is 0 Å². The molecular weight excluding hydrogens is 165 g/mol. The van der Waals surface area contributed by atoms with Gasteiger partial charge in [-0.15, -0.1) is 0 Å². The zero-order valence-corrected chi connectivity index (χ0v) is 7.59. The summed E-state index contributed by atoms with van der Waals surface area (Å²) in [4.78, 5) is 0. The van der Waals surface area contributed by atoms with Crippen LogP contribution in [0.15, 0.2) is 24.3 Å². The quantitative estimate of drug-likeness (QED) is 0.741. The molecule has 1 aliphatic rings. The smallest absolute Gasteiger partial charge is 0.136 e. The van der Waals surface area contributed by atoms with Crippen LogP contribution in [0, 0.1) is 0 Å². The lowest BCUT2D eigenvalue weighted by Gasteiger charge is -2.35. The number of alkyl halides is 1. The highest BCUT2D eigenvalue weighted by Gasteiger charge is 2.39. The van der Waals surface area contributed by atoms with E-state index in [1.54, 1.807) is 0 Å². The first-order valence-electron chi connectivity index (χ1n) is 4.74. The molecule has 13 heavy (non-hydrogen) atoms. The minimum absolute atomic E-state index is 0.432. The molecule has 0 atom stereocenters. The Kier molecular flexibility index (Phi) is 2.08. The van der Waals surface area contributed by atoms with E-state index < -0.39 is 5.67 Å². The van der Waals surface area contributed by atoms with Gasteiger partial charge in [0.2, 0.25) is 0 Å². The predicted octanol–water partition coefficient (Wildman–Crippen LogP) is 2.49. The van der Waals surface area contributed by atoms with Gasteiger partial charge >= 0.3 is 0 Å². The van der Waals surface area contributed by atoms with Crippen molar-refractivity contribution in [2.24, 2.45) is 5.73 Å². The van der Waals surface area contributed by atoms with Gasteiger partial charge in [-0.05, 0) is 30.4 Å². The van der Waals surface area contributed by atoms with E-state index in [0.29, 0.717) is 19.4 Å². The number of halogens is 1. The fourth-order valence-electron chi connectivity index (χ4n) is 1.89. The minimum Gasteiger partial charge on any atom is -0.326 e. The van der Waals surface area contributed by atoms with Crippen molar-refractivity contribution < 1.29 is 4.39 Å². The lowest BCUT2D eigenvalue weighted by molar-refractivity contribution is 0.0599. The van der Waals surface area contributed by atoms with Crippen LogP contribution in [0.1, 0.15) is 30.4 Å². The van der Waals surface area contributed by atoms with E-state index in [1.807, 2.05) is 24.3 Å². The van der Waals surface area contributed by atoms with Gasteiger partial charge in [0, 0.05) is 6.54 Å². The molecule has 0 bridgehead atoms. The summed E-state index contributed by atoms with van der Waals surface area (Å²) in [6.07, 6.45) is 2.31. The largest absolute Gasteiger partial charge is 0.326 e. The number of rotatable bonds is 2. The van der Waals surface area contributed by atoms with E-state index in [0.717, 1.165) is 17.5 Å². The zero-order valence-electron chi connectivity index (χ0n) is 7.59. The van der Waals surface area contributed by atoms with Crippen LogP contribution in [-0.4, -0.2) is 0 Å². The normalized spacial score (nSPS) is 19.5. The molecule has 2 heteroatoms. The molecule has 0 unspecified atom stereocenters. The van der Waals surface area contributed by atoms with Crippen LogP contribution in [0.5, 0.6) is 0 Å². The second-order valence-corrected chi connectivity index (χ2v) is 3.68. The fourth-order valence-corrected chi connectivity index (χ4v) is 1.89. The highest BCUT2D eigenvalue weighted by atomic mass is 19.1. The Hall–Kier alpha value is -0.890. The molecule has 1 fully saturated rings. The van der Waals surface area contributed by atoms with Crippen LogP contribution in [0.25, 0.3) is 0 Å². The summed E-state index contributed by atoms with van der Waals surface area (Å²) in [6, 6.07) is 7.57. The van der Waals surface area contributed by atoms with E-state index in [4.69, 9.17) is 5.73 Å². The van der Waals surface area contributed by atoms with E-state index >= 15 is 0 Å². The first kappa shape index (κ1) is 8.70. The van der Waals surface area contributed by atoms with Crippen LogP contribution < -0.4 is 5.73 Å².